The lowest BCUT2D eigenvalue weighted by atomic mass is 10.1. The molecule has 0 unspecified atom stereocenters. The molecule has 1 aliphatic rings. The van der Waals surface area contributed by atoms with E-state index >= 15 is 0 Å². The molecule has 1 heterocycles. The van der Waals surface area contributed by atoms with E-state index in [-0.39, 0.29) is 11.5 Å². The standard InChI is InChI=1S/C16H16Cl2N2O/c17-14-6-5-12(10-15(14)18)9-13(11-19)16(21)20-7-3-1-2-4-8-20/h5-6,9-10H,1-4,7-8H2. The number of carbonyl (C=O) groups is 1. The fraction of sp³-hybridized carbons (Fsp3) is 0.375. The molecule has 5 heteroatoms. The van der Waals surface area contributed by atoms with Crippen molar-refractivity contribution in [2.45, 2.75) is 25.7 Å². The van der Waals surface area contributed by atoms with Crippen LogP contribution >= 0.6 is 23.2 Å². The van der Waals surface area contributed by atoms with Crippen LogP contribution in [0.25, 0.3) is 6.08 Å². The second-order valence-corrected chi connectivity index (χ2v) is 5.86. The zero-order valence-corrected chi connectivity index (χ0v) is 13.1. The molecule has 0 atom stereocenters. The Bertz CT molecular complexity index is 597. The van der Waals surface area contributed by atoms with E-state index in [1.54, 1.807) is 29.2 Å². The number of likely N-dealkylation sites (tertiary alicyclic amines) is 1. The second kappa shape index (κ2) is 7.49. The van der Waals surface area contributed by atoms with Crippen molar-refractivity contribution >= 4 is 35.2 Å². The van der Waals surface area contributed by atoms with Crippen molar-refractivity contribution in [1.82, 2.24) is 4.90 Å². The highest BCUT2D eigenvalue weighted by Crippen LogP contribution is 2.24. The quantitative estimate of drug-likeness (QED) is 0.601. The number of rotatable bonds is 2. The molecule has 0 bridgehead atoms. The van der Waals surface area contributed by atoms with Crippen molar-refractivity contribution in [3.63, 3.8) is 0 Å². The van der Waals surface area contributed by atoms with Gasteiger partial charge in [-0.1, -0.05) is 42.1 Å². The van der Waals surface area contributed by atoms with Crippen molar-refractivity contribution < 1.29 is 4.79 Å². The van der Waals surface area contributed by atoms with Crippen molar-refractivity contribution in [2.75, 3.05) is 13.1 Å². The number of hydrogen-bond donors (Lipinski definition) is 0. The molecule has 0 saturated carbocycles. The van der Waals surface area contributed by atoms with E-state index in [2.05, 4.69) is 0 Å². The van der Waals surface area contributed by atoms with Gasteiger partial charge in [0.15, 0.2) is 0 Å². The van der Waals surface area contributed by atoms with E-state index < -0.39 is 0 Å². The maximum atomic E-state index is 12.4. The largest absolute Gasteiger partial charge is 0.338 e. The lowest BCUT2D eigenvalue weighted by Gasteiger charge is -2.19. The van der Waals surface area contributed by atoms with Gasteiger partial charge in [-0.05, 0) is 36.6 Å². The van der Waals surface area contributed by atoms with Gasteiger partial charge < -0.3 is 4.90 Å². The Morgan fingerprint density at radius 1 is 1.14 bits per heavy atom. The Hall–Kier alpha value is -1.50. The molecule has 0 aromatic heterocycles. The first-order valence-electron chi connectivity index (χ1n) is 6.98. The summed E-state index contributed by atoms with van der Waals surface area (Å²) >= 11 is 11.8. The van der Waals surface area contributed by atoms with Gasteiger partial charge >= 0.3 is 0 Å². The predicted octanol–water partition coefficient (Wildman–Crippen LogP) is 4.30. The summed E-state index contributed by atoms with van der Waals surface area (Å²) in [6.07, 6.45) is 5.84. The summed E-state index contributed by atoms with van der Waals surface area (Å²) in [6, 6.07) is 7.04. The van der Waals surface area contributed by atoms with Crippen molar-refractivity contribution in [2.24, 2.45) is 0 Å². The zero-order chi connectivity index (χ0) is 15.2. The van der Waals surface area contributed by atoms with Crippen LogP contribution in [0.1, 0.15) is 31.2 Å². The molecule has 0 spiro atoms. The summed E-state index contributed by atoms with van der Waals surface area (Å²) in [6.45, 7) is 1.44. The van der Waals surface area contributed by atoms with Crippen LogP contribution in [-0.4, -0.2) is 23.9 Å². The maximum absolute atomic E-state index is 12.4. The minimum Gasteiger partial charge on any atom is -0.338 e. The third kappa shape index (κ3) is 4.23. The molecule has 1 saturated heterocycles. The molecule has 0 N–H and O–H groups in total. The van der Waals surface area contributed by atoms with Crippen LogP contribution in [0.3, 0.4) is 0 Å². The van der Waals surface area contributed by atoms with Crippen molar-refractivity contribution in [3.8, 4) is 6.07 Å². The van der Waals surface area contributed by atoms with Crippen LogP contribution in [0.5, 0.6) is 0 Å². The highest BCUT2D eigenvalue weighted by molar-refractivity contribution is 6.42. The number of hydrogen-bond acceptors (Lipinski definition) is 2. The number of carbonyl (C=O) groups excluding carboxylic acids is 1. The molecular formula is C16H16Cl2N2O. The first-order valence-corrected chi connectivity index (χ1v) is 7.73. The van der Waals surface area contributed by atoms with Crippen molar-refractivity contribution in [3.05, 3.63) is 39.4 Å². The third-order valence-corrected chi connectivity index (χ3v) is 4.24. The van der Waals surface area contributed by atoms with Gasteiger partial charge in [-0.3, -0.25) is 4.79 Å². The van der Waals surface area contributed by atoms with Crippen LogP contribution in [0.2, 0.25) is 10.0 Å². The molecule has 0 radical (unpaired) electrons. The summed E-state index contributed by atoms with van der Waals surface area (Å²) in [4.78, 5) is 14.2. The number of nitrogens with zero attached hydrogens (tertiary/aromatic N) is 2. The molecule has 1 fully saturated rings. The van der Waals surface area contributed by atoms with E-state index in [9.17, 15) is 10.1 Å². The normalized spacial score (nSPS) is 16.2. The Labute approximate surface area is 134 Å². The first-order chi connectivity index (χ1) is 10.1. The summed E-state index contributed by atoms with van der Waals surface area (Å²) in [7, 11) is 0. The van der Waals surface area contributed by atoms with Gasteiger partial charge in [0, 0.05) is 13.1 Å². The second-order valence-electron chi connectivity index (χ2n) is 5.05. The van der Waals surface area contributed by atoms with E-state index in [1.807, 2.05) is 6.07 Å². The van der Waals surface area contributed by atoms with Crippen LogP contribution in [0.4, 0.5) is 0 Å². The lowest BCUT2D eigenvalue weighted by molar-refractivity contribution is -0.126. The van der Waals surface area contributed by atoms with E-state index in [0.29, 0.717) is 15.6 Å². The van der Waals surface area contributed by atoms with Crippen LogP contribution in [0, 0.1) is 11.3 Å². The average molecular weight is 323 g/mol. The lowest BCUT2D eigenvalue weighted by Crippen LogP contribution is -2.32. The van der Waals surface area contributed by atoms with E-state index in [4.69, 9.17) is 23.2 Å². The van der Waals surface area contributed by atoms with Crippen LogP contribution in [0.15, 0.2) is 23.8 Å². The molecule has 1 aliphatic heterocycles. The minimum absolute atomic E-state index is 0.135. The van der Waals surface area contributed by atoms with Crippen LogP contribution in [-0.2, 0) is 4.79 Å². The van der Waals surface area contributed by atoms with Gasteiger partial charge in [0.2, 0.25) is 0 Å². The molecule has 0 aliphatic carbocycles. The van der Waals surface area contributed by atoms with Crippen LogP contribution < -0.4 is 0 Å². The first kappa shape index (κ1) is 15.9. The Morgan fingerprint density at radius 2 is 1.81 bits per heavy atom. The van der Waals surface area contributed by atoms with Gasteiger partial charge in [0.05, 0.1) is 10.0 Å². The van der Waals surface area contributed by atoms with Crippen molar-refractivity contribution in [1.29, 1.82) is 5.26 Å². The summed E-state index contributed by atoms with van der Waals surface area (Å²) in [5.74, 6) is -0.203. The topological polar surface area (TPSA) is 44.1 Å². The van der Waals surface area contributed by atoms with Gasteiger partial charge in [-0.2, -0.15) is 5.26 Å². The molecular weight excluding hydrogens is 307 g/mol. The molecule has 21 heavy (non-hydrogen) atoms. The Kier molecular flexibility index (Phi) is 5.67. The maximum Gasteiger partial charge on any atom is 0.264 e. The fourth-order valence-corrected chi connectivity index (χ4v) is 2.66. The fourth-order valence-electron chi connectivity index (χ4n) is 2.35. The minimum atomic E-state index is -0.203. The molecule has 110 valence electrons. The summed E-state index contributed by atoms with van der Waals surface area (Å²) in [5.41, 5.74) is 0.833. The summed E-state index contributed by atoms with van der Waals surface area (Å²) < 4.78 is 0. The monoisotopic (exact) mass is 322 g/mol. The number of nitriles is 1. The van der Waals surface area contributed by atoms with Gasteiger partial charge in [0.1, 0.15) is 11.6 Å². The molecule has 1 amide bonds. The van der Waals surface area contributed by atoms with Gasteiger partial charge in [0.25, 0.3) is 5.91 Å². The zero-order valence-electron chi connectivity index (χ0n) is 11.6. The van der Waals surface area contributed by atoms with E-state index in [0.717, 1.165) is 38.8 Å². The number of amides is 1. The SMILES string of the molecule is N#CC(=Cc1ccc(Cl)c(Cl)c1)C(=O)N1CCCCCC1. The molecule has 1 aromatic rings. The number of halogens is 2. The van der Waals surface area contributed by atoms with E-state index in [1.165, 1.54) is 0 Å². The average Bonchev–Trinajstić information content (AvgIpc) is 2.77. The molecule has 2 rings (SSSR count). The Balaban J connectivity index is 2.21. The summed E-state index contributed by atoms with van der Waals surface area (Å²) in [5, 5.41) is 10.1. The number of benzene rings is 1. The Morgan fingerprint density at radius 3 is 2.38 bits per heavy atom. The smallest absolute Gasteiger partial charge is 0.264 e. The van der Waals surface area contributed by atoms with Gasteiger partial charge in [-0.25, -0.2) is 0 Å². The molecule has 1 aromatic carbocycles. The third-order valence-electron chi connectivity index (χ3n) is 3.50. The highest BCUT2D eigenvalue weighted by atomic mass is 35.5. The predicted molar refractivity (Wildman–Crippen MR) is 85.1 cm³/mol. The molecule has 3 nitrogen and oxygen atoms in total. The van der Waals surface area contributed by atoms with Gasteiger partial charge in [-0.15, -0.1) is 0 Å². The highest BCUT2D eigenvalue weighted by Gasteiger charge is 2.19.